The number of ether oxygens (including phenoxy) is 2. The Kier molecular flexibility index (Phi) is 11.2. The predicted octanol–water partition coefficient (Wildman–Crippen LogP) is 7.38. The van der Waals surface area contributed by atoms with Gasteiger partial charge >= 0.3 is 6.18 Å². The highest BCUT2D eigenvalue weighted by molar-refractivity contribution is 7.09. The fraction of sp³-hybridized carbons (Fsp3) is 0.448. The average Bonchev–Trinajstić information content (AvgIpc) is 3.58. The van der Waals surface area contributed by atoms with Gasteiger partial charge in [0.1, 0.15) is 10.7 Å². The zero-order valence-electron chi connectivity index (χ0n) is 22.9. The Balaban J connectivity index is 0.00000205. The van der Waals surface area contributed by atoms with E-state index in [2.05, 4.69) is 4.98 Å². The minimum Gasteiger partial charge on any atom is -0.454 e. The quantitative estimate of drug-likeness (QED) is 0.244. The number of hydrogen-bond donors (Lipinski definition) is 0. The maximum absolute atomic E-state index is 13.3. The second-order valence-corrected chi connectivity index (χ2v) is 9.89. The lowest BCUT2D eigenvalue weighted by molar-refractivity contribution is -0.137. The highest BCUT2D eigenvalue weighted by Gasteiger charge is 2.30. The smallest absolute Gasteiger partial charge is 0.416 e. The molecule has 10 heteroatoms. The summed E-state index contributed by atoms with van der Waals surface area (Å²) in [6, 6.07) is 11.0. The number of aromatic nitrogens is 1. The highest BCUT2D eigenvalue weighted by Crippen LogP contribution is 2.33. The van der Waals surface area contributed by atoms with Crippen molar-refractivity contribution in [1.29, 1.82) is 0 Å². The Morgan fingerprint density at radius 3 is 2.28 bits per heavy atom. The third-order valence-corrected chi connectivity index (χ3v) is 6.74. The van der Waals surface area contributed by atoms with Crippen LogP contribution in [-0.2, 0) is 25.8 Å². The summed E-state index contributed by atoms with van der Waals surface area (Å²) in [7, 11) is 0. The maximum atomic E-state index is 13.3. The van der Waals surface area contributed by atoms with Gasteiger partial charge in [-0.1, -0.05) is 52.0 Å². The number of halogens is 3. The zero-order valence-corrected chi connectivity index (χ0v) is 23.7. The van der Waals surface area contributed by atoms with Gasteiger partial charge < -0.3 is 14.4 Å². The Labute approximate surface area is 232 Å². The first-order valence-corrected chi connectivity index (χ1v) is 14.2. The Bertz CT molecular complexity index is 1210. The standard InChI is InChI=1S/C27H30F3N3O3S.C2H6/c1-3-10-33(11-4-2)26(34)22-17-37-25(31-22)16-32(14-19-6-5-7-21(12-19)27(28,29)30)15-20-8-9-23-24(13-20)36-18-35-23;1-2/h5-9,12-13,17H,3-4,10-11,14-16,18H2,1-2H3;1-2H3. The van der Waals surface area contributed by atoms with E-state index in [0.717, 1.165) is 29.5 Å². The van der Waals surface area contributed by atoms with E-state index in [-0.39, 0.29) is 19.2 Å². The van der Waals surface area contributed by atoms with Crippen molar-refractivity contribution in [2.45, 2.75) is 66.3 Å². The van der Waals surface area contributed by atoms with E-state index in [9.17, 15) is 18.0 Å². The summed E-state index contributed by atoms with van der Waals surface area (Å²) in [5, 5.41) is 2.49. The largest absolute Gasteiger partial charge is 0.454 e. The van der Waals surface area contributed by atoms with Gasteiger partial charge in [0.15, 0.2) is 11.5 Å². The molecule has 0 N–H and O–H groups in total. The van der Waals surface area contributed by atoms with Crippen molar-refractivity contribution >= 4 is 17.2 Å². The summed E-state index contributed by atoms with van der Waals surface area (Å²) in [5.41, 5.74) is 1.20. The molecule has 1 amide bonds. The average molecular weight is 564 g/mol. The molecule has 0 unspecified atom stereocenters. The van der Waals surface area contributed by atoms with Gasteiger partial charge in [0, 0.05) is 31.6 Å². The van der Waals surface area contributed by atoms with Crippen LogP contribution in [0, 0.1) is 0 Å². The zero-order chi connectivity index (χ0) is 28.4. The van der Waals surface area contributed by atoms with Crippen molar-refractivity contribution in [3.63, 3.8) is 0 Å². The van der Waals surface area contributed by atoms with Crippen LogP contribution >= 0.6 is 11.3 Å². The van der Waals surface area contributed by atoms with Gasteiger partial charge in [0.05, 0.1) is 12.1 Å². The van der Waals surface area contributed by atoms with Crippen LogP contribution in [-0.4, -0.2) is 40.6 Å². The van der Waals surface area contributed by atoms with Crippen LogP contribution in [0.15, 0.2) is 47.8 Å². The van der Waals surface area contributed by atoms with E-state index >= 15 is 0 Å². The highest BCUT2D eigenvalue weighted by atomic mass is 32.1. The van der Waals surface area contributed by atoms with E-state index in [1.165, 1.54) is 23.5 Å². The molecule has 39 heavy (non-hydrogen) atoms. The number of alkyl halides is 3. The van der Waals surface area contributed by atoms with Crippen molar-refractivity contribution in [2.24, 2.45) is 0 Å². The fourth-order valence-corrected chi connectivity index (χ4v) is 5.07. The van der Waals surface area contributed by atoms with Gasteiger partial charge in [-0.05, 0) is 42.2 Å². The molecule has 1 aromatic heterocycles. The molecule has 0 saturated carbocycles. The second-order valence-electron chi connectivity index (χ2n) is 8.95. The second kappa shape index (κ2) is 14.3. The van der Waals surface area contributed by atoms with Gasteiger partial charge in [-0.2, -0.15) is 13.2 Å². The first-order chi connectivity index (χ1) is 18.8. The number of thiazole rings is 1. The third kappa shape index (κ3) is 8.44. The number of fused-ring (bicyclic) bond motifs is 1. The van der Waals surface area contributed by atoms with Gasteiger partial charge in [-0.15, -0.1) is 11.3 Å². The van der Waals surface area contributed by atoms with Crippen molar-refractivity contribution in [3.05, 3.63) is 75.2 Å². The summed E-state index contributed by atoms with van der Waals surface area (Å²) in [5.74, 6) is 1.22. The van der Waals surface area contributed by atoms with Crippen molar-refractivity contribution in [3.8, 4) is 11.5 Å². The number of hydrogen-bond acceptors (Lipinski definition) is 6. The molecular weight excluding hydrogens is 527 g/mol. The summed E-state index contributed by atoms with van der Waals surface area (Å²) < 4.78 is 50.8. The monoisotopic (exact) mass is 563 g/mol. The normalized spacial score (nSPS) is 12.3. The fourth-order valence-electron chi connectivity index (χ4n) is 4.26. The molecule has 0 fully saturated rings. The van der Waals surface area contributed by atoms with Crippen LogP contribution in [0.1, 0.15) is 72.7 Å². The van der Waals surface area contributed by atoms with Gasteiger partial charge in [0.25, 0.3) is 5.91 Å². The molecule has 0 spiro atoms. The number of carbonyl (C=O) groups is 1. The summed E-state index contributed by atoms with van der Waals surface area (Å²) >= 11 is 1.38. The third-order valence-electron chi connectivity index (χ3n) is 5.91. The molecule has 2 heterocycles. The van der Waals surface area contributed by atoms with E-state index in [1.807, 2.05) is 55.7 Å². The molecule has 1 aliphatic rings. The molecular formula is C29H36F3N3O3S. The first kappa shape index (κ1) is 30.4. The Hall–Kier alpha value is -3.11. The predicted molar refractivity (Wildman–Crippen MR) is 147 cm³/mol. The minimum absolute atomic E-state index is 0.0913. The number of rotatable bonds is 11. The van der Waals surface area contributed by atoms with Crippen molar-refractivity contribution in [2.75, 3.05) is 19.9 Å². The van der Waals surface area contributed by atoms with Gasteiger partial charge in [-0.25, -0.2) is 4.98 Å². The van der Waals surface area contributed by atoms with Crippen molar-refractivity contribution < 1.29 is 27.4 Å². The van der Waals surface area contributed by atoms with Crippen LogP contribution in [0.3, 0.4) is 0 Å². The van der Waals surface area contributed by atoms with Crippen LogP contribution in [0.2, 0.25) is 0 Å². The molecule has 0 bridgehead atoms. The SMILES string of the molecule is CC.CCCN(CCC)C(=O)c1csc(CN(Cc2cccc(C(F)(F)F)c2)Cc2ccc3c(c2)OCO3)n1. The molecule has 212 valence electrons. The first-order valence-electron chi connectivity index (χ1n) is 13.3. The minimum atomic E-state index is -4.41. The van der Waals surface area contributed by atoms with E-state index < -0.39 is 11.7 Å². The van der Waals surface area contributed by atoms with Gasteiger partial charge in [-0.3, -0.25) is 9.69 Å². The molecule has 0 radical (unpaired) electrons. The number of nitrogens with zero attached hydrogens (tertiary/aromatic N) is 3. The van der Waals surface area contributed by atoms with E-state index in [4.69, 9.17) is 9.47 Å². The Morgan fingerprint density at radius 2 is 1.62 bits per heavy atom. The maximum Gasteiger partial charge on any atom is 0.416 e. The summed E-state index contributed by atoms with van der Waals surface area (Å²) in [6.07, 6.45) is -2.68. The molecule has 0 aliphatic carbocycles. The number of carbonyl (C=O) groups excluding carboxylic acids is 1. The van der Waals surface area contributed by atoms with Crippen LogP contribution in [0.25, 0.3) is 0 Å². The summed E-state index contributed by atoms with van der Waals surface area (Å²) in [6.45, 7) is 10.7. The topological polar surface area (TPSA) is 54.9 Å². The molecule has 3 aromatic rings. The molecule has 4 rings (SSSR count). The van der Waals surface area contributed by atoms with Gasteiger partial charge in [0.2, 0.25) is 6.79 Å². The Morgan fingerprint density at radius 1 is 0.949 bits per heavy atom. The number of amides is 1. The van der Waals surface area contributed by atoms with E-state index in [0.29, 0.717) is 48.9 Å². The molecule has 0 atom stereocenters. The molecule has 6 nitrogen and oxygen atoms in total. The lowest BCUT2D eigenvalue weighted by Crippen LogP contribution is -2.32. The van der Waals surface area contributed by atoms with Crippen molar-refractivity contribution in [1.82, 2.24) is 14.8 Å². The number of benzene rings is 2. The lowest BCUT2D eigenvalue weighted by Gasteiger charge is -2.22. The van der Waals surface area contributed by atoms with Crippen LogP contribution < -0.4 is 9.47 Å². The lowest BCUT2D eigenvalue weighted by atomic mass is 10.1. The van der Waals surface area contributed by atoms with Crippen LogP contribution in [0.5, 0.6) is 11.5 Å². The summed E-state index contributed by atoms with van der Waals surface area (Å²) in [4.78, 5) is 21.4. The molecule has 0 saturated heterocycles. The van der Waals surface area contributed by atoms with Crippen LogP contribution in [0.4, 0.5) is 13.2 Å². The molecule has 2 aromatic carbocycles. The van der Waals surface area contributed by atoms with E-state index in [1.54, 1.807) is 11.4 Å². The molecule has 1 aliphatic heterocycles.